The molecule has 0 aliphatic carbocycles. The molecule has 0 spiro atoms. The molecule has 0 rings (SSSR count). The Bertz CT molecular complexity index is 138. The van der Waals surface area contributed by atoms with Crippen LogP contribution in [-0.2, 0) is 0 Å². The van der Waals surface area contributed by atoms with E-state index in [1.165, 1.54) is 19.5 Å². The molecule has 3 atom stereocenters. The van der Waals surface area contributed by atoms with Crippen molar-refractivity contribution >= 4 is 21.0 Å². The minimum atomic E-state index is 0.269. The molecule has 0 aromatic carbocycles. The summed E-state index contributed by atoms with van der Waals surface area (Å²) in [5, 5.41) is 0. The third-order valence-electron chi connectivity index (χ3n) is 2.90. The average Bonchev–Trinajstić information content (AvgIpc) is 2.04. The van der Waals surface area contributed by atoms with Gasteiger partial charge in [0, 0.05) is 6.92 Å². The Hall–Kier alpha value is 0.740. The van der Waals surface area contributed by atoms with Gasteiger partial charge < -0.3 is 4.48 Å². The Morgan fingerprint density at radius 1 is 1.42 bits per heavy atom. The number of hydrogen-bond donors (Lipinski definition) is 0. The van der Waals surface area contributed by atoms with Crippen LogP contribution in [0.4, 0.5) is 0 Å². The van der Waals surface area contributed by atoms with Crippen LogP contribution in [0.25, 0.3) is 0 Å². The summed E-state index contributed by atoms with van der Waals surface area (Å²) in [6, 6.07) is 0. The topological polar surface area (TPSA) is 0 Å². The van der Waals surface area contributed by atoms with E-state index in [2.05, 4.69) is 43.3 Å². The average molecular weight is 208 g/mol. The molecule has 0 bridgehead atoms. The quantitative estimate of drug-likeness (QED) is 0.380. The van der Waals surface area contributed by atoms with Crippen LogP contribution in [0.1, 0.15) is 27.2 Å². The van der Waals surface area contributed by atoms with Crippen molar-refractivity contribution in [2.24, 2.45) is 0 Å². The molecular formula is C9H23NPS+. The van der Waals surface area contributed by atoms with Crippen molar-refractivity contribution in [2.75, 3.05) is 26.4 Å². The van der Waals surface area contributed by atoms with E-state index in [1.54, 1.807) is 0 Å². The van der Waals surface area contributed by atoms with Gasteiger partial charge in [0.15, 0.2) is 4.61 Å². The zero-order chi connectivity index (χ0) is 9.83. The van der Waals surface area contributed by atoms with Gasteiger partial charge in [0.2, 0.25) is 0 Å². The number of quaternary nitrogens is 1. The van der Waals surface area contributed by atoms with E-state index in [4.69, 9.17) is 0 Å². The summed E-state index contributed by atoms with van der Waals surface area (Å²) in [5.41, 5.74) is 0. The molecule has 0 saturated heterocycles. The fourth-order valence-corrected chi connectivity index (χ4v) is 2.38. The van der Waals surface area contributed by atoms with Gasteiger partial charge in [-0.05, 0) is 19.6 Å². The van der Waals surface area contributed by atoms with Crippen LogP contribution < -0.4 is 0 Å². The monoisotopic (exact) mass is 208 g/mol. The van der Waals surface area contributed by atoms with E-state index in [9.17, 15) is 0 Å². The third kappa shape index (κ3) is 2.61. The summed E-state index contributed by atoms with van der Waals surface area (Å²) >= 11 is 1.93. The summed E-state index contributed by atoms with van der Waals surface area (Å²) < 4.78 is 1.40. The maximum Gasteiger partial charge on any atom is 0.153 e. The summed E-state index contributed by atoms with van der Waals surface area (Å²) in [6.45, 7) is 9.30. The smallest absolute Gasteiger partial charge is 0.153 e. The van der Waals surface area contributed by atoms with Crippen LogP contribution in [0.2, 0.25) is 0 Å². The highest BCUT2D eigenvalue weighted by molar-refractivity contribution is 8.03. The second-order valence-electron chi connectivity index (χ2n) is 3.69. The summed E-state index contributed by atoms with van der Waals surface area (Å²) in [5.74, 6) is 0. The summed E-state index contributed by atoms with van der Waals surface area (Å²) in [6.07, 6.45) is 3.45. The van der Waals surface area contributed by atoms with Crippen molar-refractivity contribution in [1.29, 1.82) is 0 Å². The minimum Gasteiger partial charge on any atom is -0.310 e. The SMILES string of the molecule is CCC[N+](C)(CC)C(C)(P)SC. The van der Waals surface area contributed by atoms with Crippen LogP contribution in [0.5, 0.6) is 0 Å². The van der Waals surface area contributed by atoms with Gasteiger partial charge in [0.05, 0.1) is 20.1 Å². The van der Waals surface area contributed by atoms with Crippen molar-refractivity contribution < 1.29 is 4.48 Å². The molecule has 3 heteroatoms. The Kier molecular flexibility index (Phi) is 5.13. The largest absolute Gasteiger partial charge is 0.310 e. The molecule has 0 radical (unpaired) electrons. The molecular weight excluding hydrogens is 185 g/mol. The molecule has 0 fully saturated rings. The molecule has 3 unspecified atom stereocenters. The Morgan fingerprint density at radius 2 is 1.92 bits per heavy atom. The van der Waals surface area contributed by atoms with Gasteiger partial charge in [-0.2, -0.15) is 0 Å². The van der Waals surface area contributed by atoms with Gasteiger partial charge in [0.25, 0.3) is 0 Å². The number of nitrogens with zero attached hydrogens (tertiary/aromatic N) is 1. The van der Waals surface area contributed by atoms with Gasteiger partial charge in [-0.25, -0.2) is 0 Å². The molecule has 0 aliphatic rings. The number of rotatable bonds is 5. The van der Waals surface area contributed by atoms with Gasteiger partial charge >= 0.3 is 0 Å². The van der Waals surface area contributed by atoms with Gasteiger partial charge in [-0.3, -0.25) is 0 Å². The van der Waals surface area contributed by atoms with E-state index in [0.717, 1.165) is 4.48 Å². The normalized spacial score (nSPS) is 21.5. The maximum atomic E-state index is 2.99. The van der Waals surface area contributed by atoms with Crippen LogP contribution in [0, 0.1) is 0 Å². The van der Waals surface area contributed by atoms with Crippen LogP contribution in [0.15, 0.2) is 0 Å². The van der Waals surface area contributed by atoms with Crippen LogP contribution >= 0.6 is 21.0 Å². The zero-order valence-electron chi connectivity index (χ0n) is 9.05. The third-order valence-corrected chi connectivity index (χ3v) is 5.50. The highest BCUT2D eigenvalue weighted by atomic mass is 32.2. The standard InChI is InChI=1S/C9H23NPS/c1-6-8-10(4,7-2)9(3,11)12-5/h6-8,11H2,1-5H3/q+1. The van der Waals surface area contributed by atoms with Gasteiger partial charge in [0.1, 0.15) is 0 Å². The van der Waals surface area contributed by atoms with E-state index in [-0.39, 0.29) is 4.61 Å². The fraction of sp³-hybridized carbons (Fsp3) is 1.00. The lowest BCUT2D eigenvalue weighted by Gasteiger charge is -2.45. The van der Waals surface area contributed by atoms with E-state index >= 15 is 0 Å². The Balaban J connectivity index is 4.49. The first-order valence-electron chi connectivity index (χ1n) is 4.62. The lowest BCUT2D eigenvalue weighted by Crippen LogP contribution is -2.55. The highest BCUT2D eigenvalue weighted by Crippen LogP contribution is 2.38. The van der Waals surface area contributed by atoms with Crippen molar-refractivity contribution in [1.82, 2.24) is 0 Å². The predicted molar refractivity (Wildman–Crippen MR) is 63.5 cm³/mol. The Morgan fingerprint density at radius 3 is 2.17 bits per heavy atom. The molecule has 0 aromatic rings. The predicted octanol–water partition coefficient (Wildman–Crippen LogP) is 2.77. The Labute approximate surface area is 84.1 Å². The van der Waals surface area contributed by atoms with Crippen molar-refractivity contribution in [2.45, 2.75) is 31.8 Å². The van der Waals surface area contributed by atoms with Crippen molar-refractivity contribution in [3.63, 3.8) is 0 Å². The molecule has 0 saturated carbocycles. The summed E-state index contributed by atoms with van der Waals surface area (Å²) in [7, 11) is 5.33. The molecule has 0 aliphatic heterocycles. The summed E-state index contributed by atoms with van der Waals surface area (Å²) in [4.78, 5) is 0. The van der Waals surface area contributed by atoms with Crippen molar-refractivity contribution in [3.05, 3.63) is 0 Å². The van der Waals surface area contributed by atoms with E-state index in [0.29, 0.717) is 0 Å². The van der Waals surface area contributed by atoms with Gasteiger partial charge in [-0.15, -0.1) is 0 Å². The first-order chi connectivity index (χ1) is 5.43. The highest BCUT2D eigenvalue weighted by Gasteiger charge is 2.37. The number of thioether (sulfide) groups is 1. The van der Waals surface area contributed by atoms with E-state index < -0.39 is 0 Å². The maximum absolute atomic E-state index is 2.99. The molecule has 0 heterocycles. The molecule has 74 valence electrons. The second kappa shape index (κ2) is 4.83. The molecule has 0 aromatic heterocycles. The zero-order valence-corrected chi connectivity index (χ0v) is 11.0. The second-order valence-corrected chi connectivity index (χ2v) is 6.47. The first kappa shape index (κ1) is 12.7. The lowest BCUT2D eigenvalue weighted by molar-refractivity contribution is -0.924. The fourth-order valence-electron chi connectivity index (χ4n) is 1.41. The van der Waals surface area contributed by atoms with Gasteiger partial charge in [-0.1, -0.05) is 27.9 Å². The minimum absolute atomic E-state index is 0.269. The van der Waals surface area contributed by atoms with Crippen LogP contribution in [0.3, 0.4) is 0 Å². The number of hydrogen-bond acceptors (Lipinski definition) is 1. The van der Waals surface area contributed by atoms with Crippen molar-refractivity contribution in [3.8, 4) is 0 Å². The van der Waals surface area contributed by atoms with Crippen LogP contribution in [-0.4, -0.2) is 35.5 Å². The molecule has 0 N–H and O–H groups in total. The first-order valence-corrected chi connectivity index (χ1v) is 6.42. The molecule has 0 amide bonds. The lowest BCUT2D eigenvalue weighted by atomic mass is 10.3. The molecule has 12 heavy (non-hydrogen) atoms. The molecule has 1 nitrogen and oxygen atoms in total. The van der Waals surface area contributed by atoms with E-state index in [1.807, 2.05) is 11.8 Å².